The van der Waals surface area contributed by atoms with Gasteiger partial charge in [-0.3, -0.25) is 6.08 Å². The molecule has 0 saturated heterocycles. The van der Waals surface area contributed by atoms with E-state index in [-0.39, 0.29) is 24.8 Å². The molecule has 0 aromatic heterocycles. The molecule has 0 spiro atoms. The number of fused-ring (bicyclic) bond motifs is 3. The van der Waals surface area contributed by atoms with Crippen LogP contribution in [0.2, 0.25) is 0 Å². The molecule has 0 N–H and O–H groups in total. The molecule has 166 valence electrons. The normalized spacial score (nSPS) is 14.8. The van der Waals surface area contributed by atoms with E-state index < -0.39 is 0 Å². The van der Waals surface area contributed by atoms with Gasteiger partial charge in [-0.15, -0.1) is 39.7 Å². The fourth-order valence-electron chi connectivity index (χ4n) is 3.64. The van der Waals surface area contributed by atoms with Crippen molar-refractivity contribution in [2.24, 2.45) is 11.3 Å². The summed E-state index contributed by atoms with van der Waals surface area (Å²) in [4.78, 5) is 0. The molecule has 4 rings (SSSR count). The predicted molar refractivity (Wildman–Crippen MR) is 127 cm³/mol. The Morgan fingerprint density at radius 1 is 0.935 bits per heavy atom. The Bertz CT molecular complexity index is 978. The number of hydrogen-bond donors (Lipinski definition) is 0. The second-order valence-electron chi connectivity index (χ2n) is 8.91. The molecule has 0 nitrogen and oxygen atoms in total. The van der Waals surface area contributed by atoms with E-state index in [9.17, 15) is 0 Å². The first-order valence-electron chi connectivity index (χ1n) is 10.5. The average Bonchev–Trinajstić information content (AvgIpc) is 3.22. The molecule has 0 saturated carbocycles. The first kappa shape index (κ1) is 30.1. The zero-order valence-electron chi connectivity index (χ0n) is 19.8. The minimum atomic E-state index is 0. The van der Waals surface area contributed by atoms with Crippen molar-refractivity contribution >= 4 is 24.8 Å². The molecular weight excluding hydrogens is 498 g/mol. The summed E-state index contributed by atoms with van der Waals surface area (Å²) in [5.41, 5.74) is 3.22. The molecule has 0 radical (unpaired) electrons. The summed E-state index contributed by atoms with van der Waals surface area (Å²) >= 11 is 1.55. The minimum Gasteiger partial charge on any atom is -1.00 e. The number of benzene rings is 2. The van der Waals surface area contributed by atoms with E-state index in [0.717, 1.165) is 6.42 Å². The van der Waals surface area contributed by atoms with Crippen molar-refractivity contribution in [1.29, 1.82) is 0 Å². The third-order valence-corrected chi connectivity index (χ3v) is 4.83. The molecule has 3 aromatic carbocycles. The van der Waals surface area contributed by atoms with Gasteiger partial charge >= 0.3 is 41.3 Å². The van der Waals surface area contributed by atoms with Gasteiger partial charge in [-0.2, -0.15) is 11.6 Å². The summed E-state index contributed by atoms with van der Waals surface area (Å²) in [5.74, 6) is 0.522. The van der Waals surface area contributed by atoms with Crippen LogP contribution in [0.4, 0.5) is 0 Å². The molecule has 3 aromatic rings. The standard InChI is InChI=1S/C13H9.C12H19.C3H6.2ClH.Zr/c1-3-7-12-10(5-1)9-11-6-2-4-8-13(11)12;1-6-10-7-9(2)8-11(10)12(3,4)5;1-3-2;;;/h1-9H;8-9H,6H2,1-5H3;1-2H3;2*1H;/q2*-1;;;;+2/p-2. The zero-order chi connectivity index (χ0) is 21.6. The Labute approximate surface area is 216 Å². The van der Waals surface area contributed by atoms with Gasteiger partial charge in [0.25, 0.3) is 0 Å². The molecule has 1 unspecified atom stereocenters. The van der Waals surface area contributed by atoms with Crippen LogP contribution in [0.15, 0.2) is 71.8 Å². The van der Waals surface area contributed by atoms with E-state index in [4.69, 9.17) is 0 Å². The fraction of sp³-hybridized carbons (Fsp3) is 0.357. The van der Waals surface area contributed by atoms with E-state index in [1.165, 1.54) is 35.9 Å². The van der Waals surface area contributed by atoms with E-state index >= 15 is 0 Å². The summed E-state index contributed by atoms with van der Waals surface area (Å²) in [6, 6.07) is 19.3. The fourth-order valence-corrected chi connectivity index (χ4v) is 3.64. The summed E-state index contributed by atoms with van der Waals surface area (Å²) < 4.78 is 1.51. The molecule has 0 fully saturated rings. The first-order chi connectivity index (χ1) is 13.6. The summed E-state index contributed by atoms with van der Waals surface area (Å²) in [5, 5.41) is 5.39. The van der Waals surface area contributed by atoms with Crippen LogP contribution in [0.25, 0.3) is 21.5 Å². The molecule has 0 amide bonds. The van der Waals surface area contributed by atoms with E-state index in [0.29, 0.717) is 11.3 Å². The molecule has 1 aliphatic rings. The van der Waals surface area contributed by atoms with Crippen molar-refractivity contribution in [3.63, 3.8) is 0 Å². The maximum Gasteiger partial charge on any atom is -0.0771 e. The van der Waals surface area contributed by atoms with Crippen LogP contribution in [0.5, 0.6) is 0 Å². The maximum absolute atomic E-state index is 3.48. The van der Waals surface area contributed by atoms with Gasteiger partial charge in [-0.1, -0.05) is 88.8 Å². The Hall–Kier alpha value is -0.877. The number of allylic oxidation sites excluding steroid dienone is 4. The predicted octanol–water partition coefficient (Wildman–Crippen LogP) is 2.21. The van der Waals surface area contributed by atoms with Crippen molar-refractivity contribution < 1.29 is 49.0 Å². The third-order valence-electron chi connectivity index (χ3n) is 4.83. The zero-order valence-corrected chi connectivity index (χ0v) is 23.8. The quantitative estimate of drug-likeness (QED) is 0.422. The van der Waals surface area contributed by atoms with Gasteiger partial charge in [0.15, 0.2) is 0 Å². The second kappa shape index (κ2) is 13.6. The van der Waals surface area contributed by atoms with Crippen LogP contribution >= 0.6 is 0 Å². The van der Waals surface area contributed by atoms with Crippen LogP contribution in [0, 0.1) is 17.4 Å². The molecule has 0 heterocycles. The summed E-state index contributed by atoms with van der Waals surface area (Å²) in [6.45, 7) is 15.5. The monoisotopic (exact) mass is 530 g/mol. The number of hydrogen-bond acceptors (Lipinski definition) is 0. The SMILES string of the molecule is CCC1=[C-]C(C)C=C1C(C)(C)C.C[C](C)=[Zr+2].[Cl-].[Cl-].c1ccc2c(c1)[cH-]c1ccccc12. The molecule has 1 aliphatic carbocycles. The van der Waals surface area contributed by atoms with Crippen molar-refractivity contribution in [2.45, 2.75) is 54.9 Å². The third kappa shape index (κ3) is 8.88. The smallest absolute Gasteiger partial charge is 0.0771 e. The van der Waals surface area contributed by atoms with Gasteiger partial charge in [0.2, 0.25) is 0 Å². The van der Waals surface area contributed by atoms with Crippen molar-refractivity contribution in [1.82, 2.24) is 0 Å². The van der Waals surface area contributed by atoms with Gasteiger partial charge in [0, 0.05) is 0 Å². The molecule has 1 atom stereocenters. The Balaban J connectivity index is 0.000000473. The molecular formula is C28H34Cl2Zr-2. The van der Waals surface area contributed by atoms with Crippen molar-refractivity contribution in [3.05, 3.63) is 77.9 Å². The molecule has 0 aliphatic heterocycles. The van der Waals surface area contributed by atoms with Gasteiger partial charge < -0.3 is 24.8 Å². The van der Waals surface area contributed by atoms with E-state index in [1.807, 2.05) is 0 Å². The largest absolute Gasteiger partial charge is 1.00 e. The number of rotatable bonds is 1. The Morgan fingerprint density at radius 3 is 1.71 bits per heavy atom. The second-order valence-corrected chi connectivity index (χ2v) is 11.4. The van der Waals surface area contributed by atoms with Crippen LogP contribution in [0.3, 0.4) is 0 Å². The van der Waals surface area contributed by atoms with Gasteiger partial charge in [0.1, 0.15) is 0 Å². The van der Waals surface area contributed by atoms with Crippen LogP contribution < -0.4 is 24.8 Å². The van der Waals surface area contributed by atoms with Gasteiger partial charge in [0.05, 0.1) is 0 Å². The number of halogens is 2. The van der Waals surface area contributed by atoms with E-state index in [1.54, 1.807) is 24.2 Å². The topological polar surface area (TPSA) is 0 Å². The average molecular weight is 533 g/mol. The minimum absolute atomic E-state index is 0. The van der Waals surface area contributed by atoms with Gasteiger partial charge in [-0.05, 0) is 0 Å². The van der Waals surface area contributed by atoms with Crippen LogP contribution in [0.1, 0.15) is 54.9 Å². The van der Waals surface area contributed by atoms with Crippen molar-refractivity contribution in [3.8, 4) is 0 Å². The maximum atomic E-state index is 3.48. The Kier molecular flexibility index (Phi) is 13.2. The molecule has 3 heteroatoms. The van der Waals surface area contributed by atoms with Crippen molar-refractivity contribution in [2.75, 3.05) is 0 Å². The molecule has 0 bridgehead atoms. The first-order valence-corrected chi connectivity index (χ1v) is 11.8. The summed E-state index contributed by atoms with van der Waals surface area (Å²) in [7, 11) is 0. The van der Waals surface area contributed by atoms with Crippen LogP contribution in [-0.2, 0) is 24.2 Å². The van der Waals surface area contributed by atoms with E-state index in [2.05, 4.69) is 115 Å². The summed E-state index contributed by atoms with van der Waals surface area (Å²) in [6.07, 6.45) is 6.95. The van der Waals surface area contributed by atoms with Gasteiger partial charge in [-0.25, -0.2) is 5.57 Å². The Morgan fingerprint density at radius 2 is 1.35 bits per heavy atom. The van der Waals surface area contributed by atoms with Crippen LogP contribution in [-0.4, -0.2) is 3.21 Å². The molecule has 31 heavy (non-hydrogen) atoms.